The third-order valence-corrected chi connectivity index (χ3v) is 3.76. The summed E-state index contributed by atoms with van der Waals surface area (Å²) in [5.41, 5.74) is 0. The lowest BCUT2D eigenvalue weighted by molar-refractivity contribution is -0.114. The molecule has 0 rings (SSSR count). The maximum atomic E-state index is 11.3. The minimum Gasteiger partial charge on any atom is -0.299 e. The molecule has 2 nitrogen and oxygen atoms in total. The van der Waals surface area contributed by atoms with E-state index in [-0.39, 0.29) is 16.8 Å². The SMILES string of the molecule is CC(=O)CS(=O)C(C)C(C)C. The van der Waals surface area contributed by atoms with Gasteiger partial charge in [0.25, 0.3) is 0 Å². The van der Waals surface area contributed by atoms with E-state index in [4.69, 9.17) is 0 Å². The summed E-state index contributed by atoms with van der Waals surface area (Å²) in [6, 6.07) is 0. The summed E-state index contributed by atoms with van der Waals surface area (Å²) in [6.45, 7) is 7.43. The van der Waals surface area contributed by atoms with E-state index >= 15 is 0 Å². The molecule has 0 N–H and O–H groups in total. The molecule has 0 aromatic rings. The molecule has 0 saturated carbocycles. The minimum atomic E-state index is -0.975. The first-order valence-electron chi connectivity index (χ1n) is 3.81. The quantitative estimate of drug-likeness (QED) is 0.648. The molecule has 0 aliphatic heterocycles. The fourth-order valence-corrected chi connectivity index (χ4v) is 1.91. The Balaban J connectivity index is 3.93. The standard InChI is InChI=1S/C8H16O2S/c1-6(2)8(4)11(10)5-7(3)9/h6,8H,5H2,1-4H3. The maximum Gasteiger partial charge on any atom is 0.142 e. The second-order valence-corrected chi connectivity index (χ2v) is 4.97. The van der Waals surface area contributed by atoms with E-state index in [0.717, 1.165) is 0 Å². The Labute approximate surface area is 70.8 Å². The zero-order valence-corrected chi connectivity index (χ0v) is 8.40. The van der Waals surface area contributed by atoms with Gasteiger partial charge in [-0.05, 0) is 12.8 Å². The van der Waals surface area contributed by atoms with E-state index < -0.39 is 10.8 Å². The summed E-state index contributed by atoms with van der Waals surface area (Å²) in [5, 5.41) is 0.124. The molecule has 66 valence electrons. The largest absolute Gasteiger partial charge is 0.299 e. The van der Waals surface area contributed by atoms with Crippen molar-refractivity contribution in [2.45, 2.75) is 32.9 Å². The molecule has 0 fully saturated rings. The summed E-state index contributed by atoms with van der Waals surface area (Å²) < 4.78 is 11.3. The van der Waals surface area contributed by atoms with Gasteiger partial charge in [-0.2, -0.15) is 0 Å². The predicted molar refractivity (Wildman–Crippen MR) is 48.0 cm³/mol. The van der Waals surface area contributed by atoms with E-state index in [9.17, 15) is 9.00 Å². The molecule has 0 bridgehead atoms. The highest BCUT2D eigenvalue weighted by atomic mass is 32.2. The van der Waals surface area contributed by atoms with Crippen molar-refractivity contribution in [3.8, 4) is 0 Å². The van der Waals surface area contributed by atoms with E-state index in [1.165, 1.54) is 6.92 Å². The van der Waals surface area contributed by atoms with Crippen molar-refractivity contribution in [2.24, 2.45) is 5.92 Å². The zero-order valence-electron chi connectivity index (χ0n) is 7.59. The zero-order chi connectivity index (χ0) is 9.02. The lowest BCUT2D eigenvalue weighted by Gasteiger charge is -2.13. The molecule has 2 atom stereocenters. The lowest BCUT2D eigenvalue weighted by atomic mass is 10.2. The molecule has 0 spiro atoms. The highest BCUT2D eigenvalue weighted by Crippen LogP contribution is 2.08. The van der Waals surface area contributed by atoms with E-state index in [0.29, 0.717) is 5.92 Å². The fourth-order valence-electron chi connectivity index (χ4n) is 0.635. The average molecular weight is 176 g/mol. The number of carbonyl (C=O) groups is 1. The van der Waals surface area contributed by atoms with Crippen LogP contribution in [0.1, 0.15) is 27.7 Å². The number of ketones is 1. The van der Waals surface area contributed by atoms with Gasteiger partial charge in [0.1, 0.15) is 5.78 Å². The molecule has 0 saturated heterocycles. The van der Waals surface area contributed by atoms with Crippen LogP contribution in [0.15, 0.2) is 0 Å². The maximum absolute atomic E-state index is 11.3. The average Bonchev–Trinajstić information content (AvgIpc) is 1.84. The first kappa shape index (κ1) is 10.8. The molecule has 0 aliphatic rings. The summed E-state index contributed by atoms with van der Waals surface area (Å²) >= 11 is 0. The molecular formula is C8H16O2S. The second kappa shape index (κ2) is 4.65. The third-order valence-electron chi connectivity index (χ3n) is 1.70. The Kier molecular flexibility index (Phi) is 4.57. The van der Waals surface area contributed by atoms with Gasteiger partial charge in [-0.1, -0.05) is 20.8 Å². The fraction of sp³-hybridized carbons (Fsp3) is 0.875. The molecule has 3 heteroatoms. The molecule has 2 unspecified atom stereocenters. The predicted octanol–water partition coefficient (Wildman–Crippen LogP) is 1.37. The van der Waals surface area contributed by atoms with Crippen molar-refractivity contribution in [3.63, 3.8) is 0 Å². The second-order valence-electron chi connectivity index (χ2n) is 3.18. The van der Waals surface area contributed by atoms with Gasteiger partial charge in [-0.25, -0.2) is 0 Å². The first-order chi connectivity index (χ1) is 4.95. The van der Waals surface area contributed by atoms with Gasteiger partial charge in [-0.15, -0.1) is 0 Å². The monoisotopic (exact) mass is 176 g/mol. The number of hydrogen-bond donors (Lipinski definition) is 0. The van der Waals surface area contributed by atoms with Gasteiger partial charge in [0, 0.05) is 16.0 Å². The molecule has 0 heterocycles. The van der Waals surface area contributed by atoms with Crippen molar-refractivity contribution >= 4 is 16.6 Å². The molecule has 0 amide bonds. The van der Waals surface area contributed by atoms with Crippen LogP contribution in [0, 0.1) is 5.92 Å². The van der Waals surface area contributed by atoms with Crippen molar-refractivity contribution in [2.75, 3.05) is 5.75 Å². The molecular weight excluding hydrogens is 160 g/mol. The first-order valence-corrected chi connectivity index (χ1v) is 5.20. The Morgan fingerprint density at radius 1 is 1.36 bits per heavy atom. The van der Waals surface area contributed by atoms with Crippen LogP contribution < -0.4 is 0 Å². The Morgan fingerprint density at radius 3 is 2.09 bits per heavy atom. The Morgan fingerprint density at radius 2 is 1.82 bits per heavy atom. The number of Topliss-reactive ketones (excluding diaryl/α,β-unsaturated/α-hetero) is 1. The normalized spacial score (nSPS) is 16.5. The van der Waals surface area contributed by atoms with Crippen LogP contribution in [0.2, 0.25) is 0 Å². The third kappa shape index (κ3) is 4.30. The van der Waals surface area contributed by atoms with Crippen molar-refractivity contribution < 1.29 is 9.00 Å². The van der Waals surface area contributed by atoms with Crippen LogP contribution in [-0.4, -0.2) is 21.0 Å². The topological polar surface area (TPSA) is 34.1 Å². The summed E-state index contributed by atoms with van der Waals surface area (Å²) in [5.74, 6) is 0.602. The summed E-state index contributed by atoms with van der Waals surface area (Å²) in [6.07, 6.45) is 0. The van der Waals surface area contributed by atoms with Gasteiger partial charge >= 0.3 is 0 Å². The van der Waals surface area contributed by atoms with Crippen LogP contribution in [0.4, 0.5) is 0 Å². The van der Waals surface area contributed by atoms with Crippen molar-refractivity contribution in [1.29, 1.82) is 0 Å². The van der Waals surface area contributed by atoms with E-state index in [1.54, 1.807) is 0 Å². The van der Waals surface area contributed by atoms with Gasteiger partial charge < -0.3 is 0 Å². The molecule has 11 heavy (non-hydrogen) atoms. The Hall–Kier alpha value is -0.180. The van der Waals surface area contributed by atoms with Crippen molar-refractivity contribution in [1.82, 2.24) is 0 Å². The molecule has 0 aromatic heterocycles. The smallest absolute Gasteiger partial charge is 0.142 e. The number of rotatable bonds is 4. The van der Waals surface area contributed by atoms with Gasteiger partial charge in [-0.3, -0.25) is 9.00 Å². The van der Waals surface area contributed by atoms with Crippen molar-refractivity contribution in [3.05, 3.63) is 0 Å². The summed E-state index contributed by atoms with van der Waals surface area (Å²) in [4.78, 5) is 10.6. The van der Waals surface area contributed by atoms with Crippen LogP contribution >= 0.6 is 0 Å². The van der Waals surface area contributed by atoms with Gasteiger partial charge in [0.05, 0.1) is 5.75 Å². The van der Waals surface area contributed by atoms with Crippen LogP contribution in [-0.2, 0) is 15.6 Å². The highest BCUT2D eigenvalue weighted by molar-refractivity contribution is 7.86. The lowest BCUT2D eigenvalue weighted by Crippen LogP contribution is -2.22. The van der Waals surface area contributed by atoms with Crippen LogP contribution in [0.5, 0.6) is 0 Å². The molecule has 0 aromatic carbocycles. The molecule has 0 aliphatic carbocycles. The Bertz CT molecular complexity index is 163. The number of carbonyl (C=O) groups excluding carboxylic acids is 1. The number of hydrogen-bond acceptors (Lipinski definition) is 2. The van der Waals surface area contributed by atoms with E-state index in [2.05, 4.69) is 0 Å². The van der Waals surface area contributed by atoms with Crippen LogP contribution in [0.3, 0.4) is 0 Å². The minimum absolute atomic E-state index is 0.0100. The van der Waals surface area contributed by atoms with E-state index in [1.807, 2.05) is 20.8 Å². The van der Waals surface area contributed by atoms with Gasteiger partial charge in [0.15, 0.2) is 0 Å². The molecule has 0 radical (unpaired) electrons. The highest BCUT2D eigenvalue weighted by Gasteiger charge is 2.15. The van der Waals surface area contributed by atoms with Gasteiger partial charge in [0.2, 0.25) is 0 Å². The van der Waals surface area contributed by atoms with Crippen LogP contribution in [0.25, 0.3) is 0 Å². The summed E-state index contributed by atoms with van der Waals surface area (Å²) in [7, 11) is -0.975.